The average molecular weight is 233 g/mol. The highest BCUT2D eigenvalue weighted by Crippen LogP contribution is 2.39. The van der Waals surface area contributed by atoms with Crippen LogP contribution in [0.4, 0.5) is 0 Å². The number of hydrogen-bond acceptors (Lipinski definition) is 2. The van der Waals surface area contributed by atoms with E-state index in [4.69, 9.17) is 0 Å². The molecule has 2 aliphatic carbocycles. The molecule has 3 nitrogen and oxygen atoms in total. The van der Waals surface area contributed by atoms with Gasteiger partial charge in [-0.1, -0.05) is 6.42 Å². The van der Waals surface area contributed by atoms with E-state index in [1.807, 2.05) is 0 Å². The summed E-state index contributed by atoms with van der Waals surface area (Å²) in [5, 5.41) is 3.40. The van der Waals surface area contributed by atoms with Crippen LogP contribution in [0.15, 0.2) is 12.5 Å². The van der Waals surface area contributed by atoms with Crippen molar-refractivity contribution in [3.05, 3.63) is 18.2 Å². The van der Waals surface area contributed by atoms with Crippen LogP contribution in [0, 0.1) is 0 Å². The second-order valence-electron chi connectivity index (χ2n) is 5.65. The van der Waals surface area contributed by atoms with Crippen LogP contribution in [0.2, 0.25) is 0 Å². The third-order valence-corrected chi connectivity index (χ3v) is 4.72. The zero-order valence-electron chi connectivity index (χ0n) is 10.7. The highest BCUT2D eigenvalue weighted by atomic mass is 15.1. The van der Waals surface area contributed by atoms with Crippen molar-refractivity contribution < 1.29 is 0 Å². The summed E-state index contributed by atoms with van der Waals surface area (Å²) in [6.45, 7) is 0. The van der Waals surface area contributed by atoms with Gasteiger partial charge in [-0.3, -0.25) is 0 Å². The van der Waals surface area contributed by atoms with Crippen LogP contribution in [0.1, 0.15) is 62.6 Å². The molecule has 3 rings (SSSR count). The van der Waals surface area contributed by atoms with E-state index in [0.717, 1.165) is 12.0 Å². The van der Waals surface area contributed by atoms with Crippen molar-refractivity contribution in [3.8, 4) is 0 Å². The first-order valence-electron chi connectivity index (χ1n) is 7.07. The standard InChI is InChI=1S/C14H23N3/c1-15-12-5-7-13(8-6-12)17-10-16-9-14(17)11-3-2-4-11/h9-13,15H,2-8H2,1H3. The first-order chi connectivity index (χ1) is 8.38. The van der Waals surface area contributed by atoms with Crippen LogP contribution in [0.3, 0.4) is 0 Å². The molecular formula is C14H23N3. The summed E-state index contributed by atoms with van der Waals surface area (Å²) in [6, 6.07) is 1.44. The fraction of sp³-hybridized carbons (Fsp3) is 0.786. The molecule has 1 aromatic rings. The van der Waals surface area contributed by atoms with E-state index in [9.17, 15) is 0 Å². The van der Waals surface area contributed by atoms with Crippen molar-refractivity contribution in [3.63, 3.8) is 0 Å². The molecule has 2 fully saturated rings. The minimum absolute atomic E-state index is 0.706. The summed E-state index contributed by atoms with van der Waals surface area (Å²) in [6.07, 6.45) is 13.6. The van der Waals surface area contributed by atoms with Crippen LogP contribution in [-0.4, -0.2) is 22.6 Å². The van der Waals surface area contributed by atoms with Crippen LogP contribution in [0.5, 0.6) is 0 Å². The Morgan fingerprint density at radius 2 is 1.94 bits per heavy atom. The number of nitrogens with zero attached hydrogens (tertiary/aromatic N) is 2. The molecule has 2 saturated carbocycles. The Balaban J connectivity index is 1.69. The van der Waals surface area contributed by atoms with Gasteiger partial charge in [-0.15, -0.1) is 0 Å². The molecule has 0 aliphatic heterocycles. The lowest BCUT2D eigenvalue weighted by Gasteiger charge is -2.33. The van der Waals surface area contributed by atoms with E-state index < -0.39 is 0 Å². The lowest BCUT2D eigenvalue weighted by atomic mass is 9.82. The molecule has 0 aromatic carbocycles. The van der Waals surface area contributed by atoms with Crippen LogP contribution in [-0.2, 0) is 0 Å². The van der Waals surface area contributed by atoms with E-state index in [1.165, 1.54) is 50.6 Å². The molecule has 0 radical (unpaired) electrons. The van der Waals surface area contributed by atoms with Gasteiger partial charge in [0.2, 0.25) is 0 Å². The molecule has 1 aromatic heterocycles. The Morgan fingerprint density at radius 1 is 1.18 bits per heavy atom. The molecule has 94 valence electrons. The minimum atomic E-state index is 0.706. The van der Waals surface area contributed by atoms with Gasteiger partial charge in [0.25, 0.3) is 0 Å². The Labute approximate surface area is 104 Å². The maximum Gasteiger partial charge on any atom is 0.0950 e. The van der Waals surface area contributed by atoms with Gasteiger partial charge in [-0.25, -0.2) is 4.98 Å². The summed E-state index contributed by atoms with van der Waals surface area (Å²) < 4.78 is 2.48. The molecule has 0 bridgehead atoms. The van der Waals surface area contributed by atoms with Crippen molar-refractivity contribution >= 4 is 0 Å². The van der Waals surface area contributed by atoms with Crippen LogP contribution < -0.4 is 5.32 Å². The molecule has 0 unspecified atom stereocenters. The molecule has 0 saturated heterocycles. The normalized spacial score (nSPS) is 30.2. The summed E-state index contributed by atoms with van der Waals surface area (Å²) in [7, 11) is 2.09. The second kappa shape index (κ2) is 4.81. The summed E-state index contributed by atoms with van der Waals surface area (Å²) in [5.41, 5.74) is 1.50. The Morgan fingerprint density at radius 3 is 2.53 bits per heavy atom. The maximum absolute atomic E-state index is 4.39. The van der Waals surface area contributed by atoms with Crippen molar-refractivity contribution in [2.75, 3.05) is 7.05 Å². The molecule has 0 atom stereocenters. The van der Waals surface area contributed by atoms with Crippen LogP contribution >= 0.6 is 0 Å². The number of rotatable bonds is 3. The first kappa shape index (κ1) is 11.3. The van der Waals surface area contributed by atoms with Gasteiger partial charge >= 0.3 is 0 Å². The molecule has 3 heteroatoms. The van der Waals surface area contributed by atoms with E-state index in [0.29, 0.717) is 6.04 Å². The molecule has 0 amide bonds. The topological polar surface area (TPSA) is 29.9 Å². The van der Waals surface area contributed by atoms with Gasteiger partial charge in [-0.05, 0) is 45.6 Å². The Kier molecular flexibility index (Phi) is 3.19. The molecule has 0 spiro atoms. The van der Waals surface area contributed by atoms with E-state index >= 15 is 0 Å². The number of imidazole rings is 1. The van der Waals surface area contributed by atoms with E-state index in [-0.39, 0.29) is 0 Å². The molecule has 1 N–H and O–H groups in total. The zero-order chi connectivity index (χ0) is 11.7. The average Bonchev–Trinajstić information content (AvgIpc) is 2.76. The fourth-order valence-corrected chi connectivity index (χ4v) is 3.28. The summed E-state index contributed by atoms with van der Waals surface area (Å²) >= 11 is 0. The third kappa shape index (κ3) is 2.13. The largest absolute Gasteiger partial charge is 0.331 e. The number of hydrogen-bond donors (Lipinski definition) is 1. The highest BCUT2D eigenvalue weighted by molar-refractivity contribution is 5.11. The van der Waals surface area contributed by atoms with Gasteiger partial charge < -0.3 is 9.88 Å². The monoisotopic (exact) mass is 233 g/mol. The minimum Gasteiger partial charge on any atom is -0.331 e. The Bertz CT molecular complexity index is 359. The third-order valence-electron chi connectivity index (χ3n) is 4.72. The van der Waals surface area contributed by atoms with Gasteiger partial charge in [0.1, 0.15) is 0 Å². The first-order valence-corrected chi connectivity index (χ1v) is 7.07. The molecule has 1 heterocycles. The van der Waals surface area contributed by atoms with Crippen molar-refractivity contribution in [1.29, 1.82) is 0 Å². The smallest absolute Gasteiger partial charge is 0.0950 e. The van der Waals surface area contributed by atoms with Crippen molar-refractivity contribution in [2.45, 2.75) is 62.9 Å². The second-order valence-corrected chi connectivity index (χ2v) is 5.65. The number of nitrogens with one attached hydrogen (secondary N) is 1. The lowest BCUT2D eigenvalue weighted by Crippen LogP contribution is -2.31. The van der Waals surface area contributed by atoms with Gasteiger partial charge in [-0.2, -0.15) is 0 Å². The SMILES string of the molecule is CNC1CCC(n2cncc2C2CCC2)CC1. The molecule has 2 aliphatic rings. The van der Waals surface area contributed by atoms with Gasteiger partial charge in [0.15, 0.2) is 0 Å². The van der Waals surface area contributed by atoms with E-state index in [2.05, 4.69) is 34.4 Å². The molecule has 17 heavy (non-hydrogen) atoms. The predicted molar refractivity (Wildman–Crippen MR) is 69.2 cm³/mol. The quantitative estimate of drug-likeness (QED) is 0.870. The number of aromatic nitrogens is 2. The van der Waals surface area contributed by atoms with Gasteiger partial charge in [0, 0.05) is 29.9 Å². The highest BCUT2D eigenvalue weighted by Gasteiger charge is 2.27. The van der Waals surface area contributed by atoms with E-state index in [1.54, 1.807) is 0 Å². The summed E-state index contributed by atoms with van der Waals surface area (Å²) in [4.78, 5) is 4.39. The zero-order valence-corrected chi connectivity index (χ0v) is 10.7. The summed E-state index contributed by atoms with van der Waals surface area (Å²) in [5.74, 6) is 0.805. The predicted octanol–water partition coefficient (Wildman–Crippen LogP) is 2.85. The van der Waals surface area contributed by atoms with Crippen molar-refractivity contribution in [2.24, 2.45) is 0 Å². The maximum atomic E-state index is 4.39. The van der Waals surface area contributed by atoms with Crippen molar-refractivity contribution in [1.82, 2.24) is 14.9 Å². The fourth-order valence-electron chi connectivity index (χ4n) is 3.28. The molecular weight excluding hydrogens is 210 g/mol. The lowest BCUT2D eigenvalue weighted by molar-refractivity contribution is 0.285. The Hall–Kier alpha value is -0.830. The van der Waals surface area contributed by atoms with Gasteiger partial charge in [0.05, 0.1) is 6.33 Å². The van der Waals surface area contributed by atoms with Crippen LogP contribution in [0.25, 0.3) is 0 Å².